The number of aliphatic hydroxyl groups is 1. The number of cyclic esters (lactones) is 1. The first kappa shape index (κ1) is 28.7. The number of rotatable bonds is 9. The molecule has 0 amide bonds. The van der Waals surface area contributed by atoms with Crippen molar-refractivity contribution < 1.29 is 43.3 Å². The van der Waals surface area contributed by atoms with E-state index in [9.17, 15) is 19.5 Å². The van der Waals surface area contributed by atoms with Crippen molar-refractivity contribution >= 4 is 23.4 Å². The lowest BCUT2D eigenvalue weighted by Gasteiger charge is -2.44. The Bertz CT molecular complexity index is 925. The van der Waals surface area contributed by atoms with Gasteiger partial charge < -0.3 is 28.9 Å². The number of carbonyl (C=O) groups excluding carboxylic acids is 3. The number of fused-ring (bicyclic) bond motifs is 1. The van der Waals surface area contributed by atoms with Gasteiger partial charge in [-0.3, -0.25) is 14.4 Å². The Morgan fingerprint density at radius 3 is 2.68 bits per heavy atom. The number of ketones is 1. The van der Waals surface area contributed by atoms with Gasteiger partial charge in [-0.1, -0.05) is 25.9 Å². The van der Waals surface area contributed by atoms with Crippen LogP contribution in [0.4, 0.5) is 0 Å². The van der Waals surface area contributed by atoms with Crippen LogP contribution in [0, 0.1) is 35.5 Å². The molecular weight excluding hydrogens is 494 g/mol. The molecule has 10 heteroatoms. The van der Waals surface area contributed by atoms with Crippen molar-refractivity contribution in [3.63, 3.8) is 0 Å². The molecule has 0 radical (unpaired) electrons. The number of carbonyl (C=O) groups is 3. The van der Waals surface area contributed by atoms with E-state index in [-0.39, 0.29) is 54.7 Å². The van der Waals surface area contributed by atoms with E-state index < -0.39 is 24.1 Å². The van der Waals surface area contributed by atoms with Gasteiger partial charge in [0.05, 0.1) is 43.5 Å². The van der Waals surface area contributed by atoms with Gasteiger partial charge in [-0.25, -0.2) is 0 Å². The maximum atomic E-state index is 13.1. The maximum Gasteiger partial charge on any atom is 0.311 e. The van der Waals surface area contributed by atoms with Crippen LogP contribution < -0.4 is 0 Å². The smallest absolute Gasteiger partial charge is 0.311 e. The summed E-state index contributed by atoms with van der Waals surface area (Å²) in [4.78, 5) is 44.0. The lowest BCUT2D eigenvalue weighted by molar-refractivity contribution is -0.161. The molecule has 38 heavy (non-hydrogen) atoms. The Morgan fingerprint density at radius 1 is 1.21 bits per heavy atom. The molecule has 1 N–H and O–H groups in total. The van der Waals surface area contributed by atoms with Gasteiger partial charge in [0.1, 0.15) is 19.5 Å². The van der Waals surface area contributed by atoms with Crippen molar-refractivity contribution in [2.75, 3.05) is 33.2 Å². The minimum Gasteiger partial charge on any atom is -0.465 e. The minimum absolute atomic E-state index is 0.0243. The highest BCUT2D eigenvalue weighted by molar-refractivity contribution is 6.08. The number of aliphatic hydroxyl groups excluding tert-OH is 1. The maximum absolute atomic E-state index is 13.1. The Morgan fingerprint density at radius 2 is 1.97 bits per heavy atom. The molecule has 2 aliphatic carbocycles. The fraction of sp³-hybridized carbons (Fsp3) is 0.786. The summed E-state index contributed by atoms with van der Waals surface area (Å²) < 4.78 is 21.9. The van der Waals surface area contributed by atoms with Crippen molar-refractivity contribution in [1.29, 1.82) is 0 Å². The molecule has 10 nitrogen and oxygen atoms in total. The molecule has 2 heterocycles. The number of hydrogen-bond acceptors (Lipinski definition) is 10. The zero-order valence-corrected chi connectivity index (χ0v) is 22.6. The quantitative estimate of drug-likeness (QED) is 0.350. The lowest BCUT2D eigenvalue weighted by atomic mass is 9.63. The Hall–Kier alpha value is -2.30. The van der Waals surface area contributed by atoms with Gasteiger partial charge in [0.2, 0.25) is 0 Å². The Kier molecular flexibility index (Phi) is 9.95. The predicted molar refractivity (Wildman–Crippen MR) is 136 cm³/mol. The van der Waals surface area contributed by atoms with Gasteiger partial charge in [0.15, 0.2) is 5.78 Å². The Balaban J connectivity index is 1.55. The van der Waals surface area contributed by atoms with Crippen LogP contribution in [-0.4, -0.2) is 74.0 Å². The molecule has 4 rings (SSSR count). The van der Waals surface area contributed by atoms with Crippen LogP contribution >= 0.6 is 0 Å². The third-order valence-electron chi connectivity index (χ3n) is 8.49. The summed E-state index contributed by atoms with van der Waals surface area (Å²) in [5.41, 5.74) is 1.43. The summed E-state index contributed by atoms with van der Waals surface area (Å²) in [5.74, 6) is -2.23. The number of ether oxygens (including phenoxy) is 4. The summed E-state index contributed by atoms with van der Waals surface area (Å²) in [6.45, 7) is 7.60. The second kappa shape index (κ2) is 13.2. The molecule has 0 aromatic heterocycles. The van der Waals surface area contributed by atoms with Gasteiger partial charge in [0, 0.05) is 24.2 Å². The van der Waals surface area contributed by atoms with Crippen molar-refractivity contribution in [2.24, 2.45) is 40.7 Å². The molecular formula is C28H41NO9. The molecule has 3 fully saturated rings. The molecule has 0 bridgehead atoms. The summed E-state index contributed by atoms with van der Waals surface area (Å²) in [6, 6.07) is 0. The fourth-order valence-electron chi connectivity index (χ4n) is 5.86. The van der Waals surface area contributed by atoms with E-state index in [1.54, 1.807) is 6.08 Å². The average molecular weight is 536 g/mol. The van der Waals surface area contributed by atoms with E-state index in [0.29, 0.717) is 64.1 Å². The van der Waals surface area contributed by atoms with E-state index in [4.69, 9.17) is 23.8 Å². The average Bonchev–Trinajstić information content (AvgIpc) is 2.91. The number of esters is 2. The summed E-state index contributed by atoms with van der Waals surface area (Å²) in [6.07, 6.45) is 3.52. The third-order valence-corrected chi connectivity index (χ3v) is 8.49. The fourth-order valence-corrected chi connectivity index (χ4v) is 5.86. The van der Waals surface area contributed by atoms with Crippen LogP contribution in [0.3, 0.4) is 0 Å². The van der Waals surface area contributed by atoms with E-state index in [1.807, 2.05) is 20.8 Å². The van der Waals surface area contributed by atoms with Gasteiger partial charge in [-0.2, -0.15) is 0 Å². The van der Waals surface area contributed by atoms with Gasteiger partial charge >= 0.3 is 11.9 Å². The first-order valence-corrected chi connectivity index (χ1v) is 13.9. The normalized spacial score (nSPS) is 34.2. The van der Waals surface area contributed by atoms with E-state index in [0.717, 1.165) is 5.57 Å². The second-order valence-corrected chi connectivity index (χ2v) is 11.1. The molecule has 1 saturated carbocycles. The lowest BCUT2D eigenvalue weighted by Crippen LogP contribution is -2.47. The van der Waals surface area contributed by atoms with Gasteiger partial charge in [-0.15, -0.1) is 0 Å². The van der Waals surface area contributed by atoms with Crippen LogP contribution in [0.1, 0.15) is 59.3 Å². The minimum atomic E-state index is -0.760. The van der Waals surface area contributed by atoms with Crippen LogP contribution in [0.2, 0.25) is 0 Å². The highest BCUT2D eigenvalue weighted by Gasteiger charge is 2.47. The number of allylic oxidation sites excluding steroid dienone is 1. The molecule has 7 atom stereocenters. The second-order valence-electron chi connectivity index (χ2n) is 11.1. The molecule has 0 aromatic carbocycles. The first-order chi connectivity index (χ1) is 18.3. The first-order valence-electron chi connectivity index (χ1n) is 13.9. The van der Waals surface area contributed by atoms with Crippen LogP contribution in [0.15, 0.2) is 16.8 Å². The monoisotopic (exact) mass is 535 g/mol. The number of hydrogen-bond donors (Lipinski definition) is 1. The van der Waals surface area contributed by atoms with Crippen LogP contribution in [-0.2, 0) is 38.2 Å². The molecule has 4 aliphatic rings. The summed E-state index contributed by atoms with van der Waals surface area (Å²) in [5, 5.41) is 14.8. The zero-order chi connectivity index (χ0) is 27.2. The van der Waals surface area contributed by atoms with E-state index >= 15 is 0 Å². The Labute approximate surface area is 224 Å². The standard InChI is InChI=1S/C28H41NO9/c1-4-16(2)27(32)38-25-8-7-22(29-37-14-18-12-34-15-35-13-18)21-11-24(31)17(3)19(26(21)25)5-6-20-23(30)9-10-36-28(20)33/h11,16-20,23,25-26,30H,4-10,12-15H2,1-3H3. The van der Waals surface area contributed by atoms with E-state index in [1.165, 1.54) is 0 Å². The molecule has 212 valence electrons. The van der Waals surface area contributed by atoms with Crippen LogP contribution in [0.25, 0.3) is 0 Å². The predicted octanol–water partition coefficient (Wildman–Crippen LogP) is 2.81. The third kappa shape index (κ3) is 6.63. The number of oxime groups is 1. The zero-order valence-electron chi connectivity index (χ0n) is 22.6. The van der Waals surface area contributed by atoms with E-state index in [2.05, 4.69) is 5.16 Å². The highest BCUT2D eigenvalue weighted by Crippen LogP contribution is 2.45. The van der Waals surface area contributed by atoms with Crippen LogP contribution in [0.5, 0.6) is 0 Å². The molecule has 0 aromatic rings. The van der Waals surface area contributed by atoms with Crippen molar-refractivity contribution in [1.82, 2.24) is 0 Å². The van der Waals surface area contributed by atoms with Crippen molar-refractivity contribution in [3.05, 3.63) is 11.6 Å². The highest BCUT2D eigenvalue weighted by atomic mass is 16.7. The summed E-state index contributed by atoms with van der Waals surface area (Å²) >= 11 is 0. The topological polar surface area (TPSA) is 130 Å². The molecule has 0 spiro atoms. The molecule has 7 unspecified atom stereocenters. The van der Waals surface area contributed by atoms with Crippen molar-refractivity contribution in [3.8, 4) is 0 Å². The van der Waals surface area contributed by atoms with Gasteiger partial charge in [-0.05, 0) is 49.7 Å². The largest absolute Gasteiger partial charge is 0.465 e. The number of nitrogens with zero attached hydrogens (tertiary/aromatic N) is 1. The molecule has 2 aliphatic heterocycles. The van der Waals surface area contributed by atoms with Crippen molar-refractivity contribution in [2.45, 2.75) is 71.5 Å². The summed E-state index contributed by atoms with van der Waals surface area (Å²) in [7, 11) is 0. The SMILES string of the molecule is CCC(C)C(=O)OC1CCC(=NOCC2COCOC2)C2=CC(=O)C(C)C(CCC3C(=O)OCCC3O)C21. The molecule has 2 saturated heterocycles. The van der Waals surface area contributed by atoms with Gasteiger partial charge in [0.25, 0.3) is 0 Å².